The second-order valence-corrected chi connectivity index (χ2v) is 5.01. The summed E-state index contributed by atoms with van der Waals surface area (Å²) in [7, 11) is 3.18. The van der Waals surface area contributed by atoms with Gasteiger partial charge < -0.3 is 5.32 Å². The molecule has 0 aliphatic heterocycles. The van der Waals surface area contributed by atoms with Gasteiger partial charge in [0.15, 0.2) is 0 Å². The molecule has 1 heterocycles. The molecule has 18 heavy (non-hydrogen) atoms. The molecule has 102 valence electrons. The van der Waals surface area contributed by atoms with E-state index in [0.29, 0.717) is 18.5 Å². The lowest BCUT2D eigenvalue weighted by molar-refractivity contribution is 0.382. The van der Waals surface area contributed by atoms with E-state index in [1.807, 2.05) is 0 Å². The summed E-state index contributed by atoms with van der Waals surface area (Å²) in [5.74, 6) is 0.526. The highest BCUT2D eigenvalue weighted by molar-refractivity contribution is 5.02. The monoisotopic (exact) mass is 253 g/mol. The molecule has 0 bridgehead atoms. The van der Waals surface area contributed by atoms with Gasteiger partial charge in [-0.3, -0.25) is 13.9 Å². The van der Waals surface area contributed by atoms with Gasteiger partial charge in [-0.25, -0.2) is 4.79 Å². The first kappa shape index (κ1) is 14.7. The highest BCUT2D eigenvalue weighted by Gasteiger charge is 2.12. The molecule has 0 saturated heterocycles. The van der Waals surface area contributed by atoms with Crippen LogP contribution in [0.3, 0.4) is 0 Å². The number of aromatic nitrogens is 2. The molecule has 0 amide bonds. The first-order valence-corrected chi connectivity index (χ1v) is 6.37. The summed E-state index contributed by atoms with van der Waals surface area (Å²) in [4.78, 5) is 23.3. The third-order valence-electron chi connectivity index (χ3n) is 3.42. The van der Waals surface area contributed by atoms with Crippen molar-refractivity contribution in [2.75, 3.05) is 0 Å². The van der Waals surface area contributed by atoms with Gasteiger partial charge in [0.1, 0.15) is 0 Å². The Hall–Kier alpha value is -1.36. The maximum Gasteiger partial charge on any atom is 0.330 e. The standard InChI is InChI=1S/C13H23N3O2/c1-6-11(9(2)3)14-8-10-7-12(17)16(5)13(18)15(10)4/h7,9,11,14H,6,8H2,1-5H3. The van der Waals surface area contributed by atoms with Crippen LogP contribution in [0.5, 0.6) is 0 Å². The summed E-state index contributed by atoms with van der Waals surface area (Å²) < 4.78 is 2.63. The molecule has 0 aromatic carbocycles. The molecule has 5 heteroatoms. The van der Waals surface area contributed by atoms with Crippen LogP contribution < -0.4 is 16.6 Å². The topological polar surface area (TPSA) is 56.0 Å². The van der Waals surface area contributed by atoms with Gasteiger partial charge in [0.05, 0.1) is 0 Å². The van der Waals surface area contributed by atoms with Crippen molar-refractivity contribution in [3.05, 3.63) is 32.6 Å². The van der Waals surface area contributed by atoms with Gasteiger partial charge in [0.2, 0.25) is 0 Å². The Morgan fingerprint density at radius 1 is 1.22 bits per heavy atom. The van der Waals surface area contributed by atoms with E-state index in [9.17, 15) is 9.59 Å². The van der Waals surface area contributed by atoms with Gasteiger partial charge in [0.25, 0.3) is 5.56 Å². The zero-order valence-corrected chi connectivity index (χ0v) is 11.9. The Bertz CT molecular complexity index is 514. The molecule has 0 radical (unpaired) electrons. The third-order valence-corrected chi connectivity index (χ3v) is 3.42. The molecular formula is C13H23N3O2. The molecule has 1 rings (SSSR count). The van der Waals surface area contributed by atoms with Crippen LogP contribution in [0.15, 0.2) is 15.7 Å². The van der Waals surface area contributed by atoms with Crippen LogP contribution in [-0.2, 0) is 20.6 Å². The molecule has 1 N–H and O–H groups in total. The Labute approximate surface area is 107 Å². The fourth-order valence-electron chi connectivity index (χ4n) is 2.04. The summed E-state index contributed by atoms with van der Waals surface area (Å²) in [6.07, 6.45) is 1.02. The van der Waals surface area contributed by atoms with Crippen molar-refractivity contribution in [1.29, 1.82) is 0 Å². The Kier molecular flexibility index (Phi) is 4.90. The first-order chi connectivity index (χ1) is 8.38. The van der Waals surface area contributed by atoms with E-state index < -0.39 is 0 Å². The maximum atomic E-state index is 11.8. The minimum absolute atomic E-state index is 0.257. The van der Waals surface area contributed by atoms with Crippen molar-refractivity contribution in [1.82, 2.24) is 14.5 Å². The summed E-state index contributed by atoms with van der Waals surface area (Å²) in [6, 6.07) is 1.91. The average molecular weight is 253 g/mol. The predicted octanol–water partition coefficient (Wildman–Crippen LogP) is 0.608. The zero-order chi connectivity index (χ0) is 13.9. The maximum absolute atomic E-state index is 11.8. The van der Waals surface area contributed by atoms with Gasteiger partial charge in [-0.1, -0.05) is 20.8 Å². The first-order valence-electron chi connectivity index (χ1n) is 6.37. The van der Waals surface area contributed by atoms with E-state index in [4.69, 9.17) is 0 Å². The van der Waals surface area contributed by atoms with Crippen molar-refractivity contribution in [3.63, 3.8) is 0 Å². The molecule has 1 aromatic rings. The lowest BCUT2D eigenvalue weighted by Gasteiger charge is -2.21. The van der Waals surface area contributed by atoms with Crippen LogP contribution >= 0.6 is 0 Å². The Morgan fingerprint density at radius 3 is 2.33 bits per heavy atom. The van der Waals surface area contributed by atoms with Crippen molar-refractivity contribution >= 4 is 0 Å². The second kappa shape index (κ2) is 6.00. The Morgan fingerprint density at radius 2 is 1.83 bits per heavy atom. The van der Waals surface area contributed by atoms with Crippen LogP contribution in [0.1, 0.15) is 32.9 Å². The van der Waals surface area contributed by atoms with E-state index in [2.05, 4.69) is 26.1 Å². The summed E-state index contributed by atoms with van der Waals surface area (Å²) in [5.41, 5.74) is 0.187. The molecule has 1 aromatic heterocycles. The smallest absolute Gasteiger partial charge is 0.308 e. The SMILES string of the molecule is CCC(NCc1cc(=O)n(C)c(=O)n1C)C(C)C. The molecule has 0 aliphatic rings. The van der Waals surface area contributed by atoms with Crippen LogP contribution in [-0.4, -0.2) is 15.2 Å². The number of hydrogen-bond acceptors (Lipinski definition) is 3. The molecule has 0 fully saturated rings. The van der Waals surface area contributed by atoms with Crippen molar-refractivity contribution < 1.29 is 0 Å². The molecule has 0 saturated carbocycles. The van der Waals surface area contributed by atoms with Crippen LogP contribution in [0, 0.1) is 5.92 Å². The lowest BCUT2D eigenvalue weighted by atomic mass is 10.0. The van der Waals surface area contributed by atoms with Crippen molar-refractivity contribution in [3.8, 4) is 0 Å². The van der Waals surface area contributed by atoms with Crippen molar-refractivity contribution in [2.45, 2.75) is 39.8 Å². The van der Waals surface area contributed by atoms with Gasteiger partial charge in [-0.05, 0) is 12.3 Å². The molecule has 0 spiro atoms. The van der Waals surface area contributed by atoms with Gasteiger partial charge in [0, 0.05) is 38.4 Å². The summed E-state index contributed by atoms with van der Waals surface area (Å²) >= 11 is 0. The Balaban J connectivity index is 2.93. The lowest BCUT2D eigenvalue weighted by Crippen LogP contribution is -2.40. The largest absolute Gasteiger partial charge is 0.330 e. The van der Waals surface area contributed by atoms with Crippen molar-refractivity contribution in [2.24, 2.45) is 20.0 Å². The minimum atomic E-state index is -0.281. The zero-order valence-electron chi connectivity index (χ0n) is 11.9. The van der Waals surface area contributed by atoms with E-state index >= 15 is 0 Å². The fraction of sp³-hybridized carbons (Fsp3) is 0.692. The summed E-state index contributed by atoms with van der Waals surface area (Å²) in [5, 5.41) is 3.39. The summed E-state index contributed by atoms with van der Waals surface area (Å²) in [6.45, 7) is 6.98. The van der Waals surface area contributed by atoms with E-state index in [1.54, 1.807) is 7.05 Å². The highest BCUT2D eigenvalue weighted by Crippen LogP contribution is 2.06. The van der Waals surface area contributed by atoms with E-state index in [1.165, 1.54) is 17.7 Å². The number of nitrogens with zero attached hydrogens (tertiary/aromatic N) is 2. The quantitative estimate of drug-likeness (QED) is 0.836. The number of hydrogen-bond donors (Lipinski definition) is 1. The molecule has 1 unspecified atom stereocenters. The highest BCUT2D eigenvalue weighted by atomic mass is 16.2. The minimum Gasteiger partial charge on any atom is -0.308 e. The average Bonchev–Trinajstić information content (AvgIpc) is 2.33. The molecule has 0 aliphatic carbocycles. The second-order valence-electron chi connectivity index (χ2n) is 5.01. The predicted molar refractivity (Wildman–Crippen MR) is 72.7 cm³/mol. The third kappa shape index (κ3) is 3.10. The van der Waals surface area contributed by atoms with Gasteiger partial charge in [-0.2, -0.15) is 0 Å². The number of rotatable bonds is 5. The normalized spacial score (nSPS) is 13.0. The van der Waals surface area contributed by atoms with Gasteiger partial charge in [-0.15, -0.1) is 0 Å². The number of nitrogens with one attached hydrogen (secondary N) is 1. The van der Waals surface area contributed by atoms with E-state index in [0.717, 1.165) is 16.7 Å². The molecule has 5 nitrogen and oxygen atoms in total. The van der Waals surface area contributed by atoms with Crippen LogP contribution in [0.2, 0.25) is 0 Å². The molecular weight excluding hydrogens is 230 g/mol. The van der Waals surface area contributed by atoms with E-state index in [-0.39, 0.29) is 11.2 Å². The van der Waals surface area contributed by atoms with Crippen LogP contribution in [0.4, 0.5) is 0 Å². The molecule has 1 atom stereocenters. The van der Waals surface area contributed by atoms with Crippen LogP contribution in [0.25, 0.3) is 0 Å². The van der Waals surface area contributed by atoms with Gasteiger partial charge >= 0.3 is 5.69 Å². The fourth-order valence-corrected chi connectivity index (χ4v) is 2.04.